The minimum Gasteiger partial charge on any atom is -0.504 e. The molecule has 36 heavy (non-hydrogen) atoms. The molecule has 2 aromatic carbocycles. The van der Waals surface area contributed by atoms with Crippen LogP contribution in [0.1, 0.15) is 30.4 Å². The van der Waals surface area contributed by atoms with Crippen molar-refractivity contribution in [2.24, 2.45) is 5.16 Å². The summed E-state index contributed by atoms with van der Waals surface area (Å²) in [5, 5.41) is 19.0. The largest absolute Gasteiger partial charge is 0.504 e. The Bertz CT molecular complexity index is 1160. The van der Waals surface area contributed by atoms with E-state index in [9.17, 15) is 27.9 Å². The molecule has 3 N–H and O–H groups in total. The minimum absolute atomic E-state index is 0.00229. The topological polar surface area (TPSA) is 112 Å². The number of carbonyl (C=O) groups excluding carboxylic acids is 2. The van der Waals surface area contributed by atoms with Gasteiger partial charge in [0.1, 0.15) is 11.3 Å². The molecular weight excluding hydrogens is 481 g/mol. The molecule has 2 aromatic rings. The van der Waals surface area contributed by atoms with Crippen LogP contribution in [0, 0.1) is 0 Å². The number of aromatic hydroxyl groups is 1. The number of benzene rings is 2. The van der Waals surface area contributed by atoms with E-state index in [1.165, 1.54) is 25.3 Å². The molecule has 0 unspecified atom stereocenters. The third-order valence-corrected chi connectivity index (χ3v) is 6.22. The molecule has 9 nitrogen and oxygen atoms in total. The van der Waals surface area contributed by atoms with Gasteiger partial charge in [0.2, 0.25) is 0 Å². The van der Waals surface area contributed by atoms with Crippen LogP contribution in [0.5, 0.6) is 11.5 Å². The number of nitrogens with one attached hydrogen (secondary N) is 2. The smallest absolute Gasteiger partial charge is 0.416 e. The second-order valence-corrected chi connectivity index (χ2v) is 8.67. The van der Waals surface area contributed by atoms with Crippen molar-refractivity contribution in [1.82, 2.24) is 10.2 Å². The summed E-state index contributed by atoms with van der Waals surface area (Å²) in [5.41, 5.74) is -0.220. The lowest BCUT2D eigenvalue weighted by molar-refractivity contribution is -0.137. The van der Waals surface area contributed by atoms with Gasteiger partial charge in [0, 0.05) is 44.6 Å². The standard InChI is InChI=1S/C24H25F3N4O5/c1-35-20-12-15(2-7-19(20)32)14-28-21(33)18-13-23(36-30-18)8-10-31(11-9-23)22(34)29-17-5-3-16(4-6-17)24(25,26)27/h2-7,12,32H,8-11,13-14H2,1H3,(H,28,33)(H,29,34). The van der Waals surface area contributed by atoms with Gasteiger partial charge in [-0.05, 0) is 42.0 Å². The predicted molar refractivity (Wildman–Crippen MR) is 124 cm³/mol. The van der Waals surface area contributed by atoms with Gasteiger partial charge in [-0.15, -0.1) is 0 Å². The van der Waals surface area contributed by atoms with Crippen molar-refractivity contribution < 1.29 is 37.4 Å². The number of methoxy groups -OCH3 is 1. The number of urea groups is 1. The molecule has 1 saturated heterocycles. The van der Waals surface area contributed by atoms with Crippen molar-refractivity contribution in [3.8, 4) is 11.5 Å². The highest BCUT2D eigenvalue weighted by Gasteiger charge is 2.44. The van der Waals surface area contributed by atoms with Crippen molar-refractivity contribution in [3.05, 3.63) is 53.6 Å². The summed E-state index contributed by atoms with van der Waals surface area (Å²) >= 11 is 0. The Kier molecular flexibility index (Phi) is 6.95. The van der Waals surface area contributed by atoms with Gasteiger partial charge in [0.05, 0.1) is 12.7 Å². The Morgan fingerprint density at radius 1 is 1.17 bits per heavy atom. The highest BCUT2D eigenvalue weighted by atomic mass is 19.4. The van der Waals surface area contributed by atoms with Crippen molar-refractivity contribution in [2.75, 3.05) is 25.5 Å². The van der Waals surface area contributed by atoms with Crippen LogP contribution in [-0.4, -0.2) is 53.5 Å². The fourth-order valence-corrected chi connectivity index (χ4v) is 4.09. The summed E-state index contributed by atoms with van der Waals surface area (Å²) in [4.78, 5) is 32.3. The van der Waals surface area contributed by atoms with Crippen LogP contribution in [-0.2, 0) is 22.4 Å². The van der Waals surface area contributed by atoms with Crippen LogP contribution in [0.2, 0.25) is 0 Å². The monoisotopic (exact) mass is 506 g/mol. The van der Waals surface area contributed by atoms with Gasteiger partial charge in [-0.3, -0.25) is 4.79 Å². The summed E-state index contributed by atoms with van der Waals surface area (Å²) in [7, 11) is 1.44. The number of phenols is 1. The first-order valence-corrected chi connectivity index (χ1v) is 11.2. The fraction of sp³-hybridized carbons (Fsp3) is 0.375. The Labute approximate surface area is 204 Å². The van der Waals surface area contributed by atoms with Crippen LogP contribution >= 0.6 is 0 Å². The van der Waals surface area contributed by atoms with Crippen molar-refractivity contribution in [1.29, 1.82) is 0 Å². The van der Waals surface area contributed by atoms with Crippen LogP contribution in [0.4, 0.5) is 23.7 Å². The molecule has 1 fully saturated rings. The average molecular weight is 506 g/mol. The lowest BCUT2D eigenvalue weighted by atomic mass is 9.87. The molecule has 0 bridgehead atoms. The lowest BCUT2D eigenvalue weighted by Crippen LogP contribution is -2.48. The molecule has 0 atom stereocenters. The quantitative estimate of drug-likeness (QED) is 0.570. The average Bonchev–Trinajstić information content (AvgIpc) is 3.27. The summed E-state index contributed by atoms with van der Waals surface area (Å²) < 4.78 is 43.2. The first kappa shape index (κ1) is 25.1. The summed E-state index contributed by atoms with van der Waals surface area (Å²) in [6, 6.07) is 8.58. The zero-order valence-corrected chi connectivity index (χ0v) is 19.4. The van der Waals surface area contributed by atoms with Gasteiger partial charge in [-0.25, -0.2) is 4.79 Å². The van der Waals surface area contributed by atoms with E-state index in [0.717, 1.165) is 17.7 Å². The van der Waals surface area contributed by atoms with Crippen molar-refractivity contribution in [2.45, 2.75) is 37.6 Å². The third kappa shape index (κ3) is 5.64. The Morgan fingerprint density at radius 2 is 1.86 bits per heavy atom. The van der Waals surface area contributed by atoms with Gasteiger partial charge < -0.3 is 30.2 Å². The van der Waals surface area contributed by atoms with Gasteiger partial charge in [-0.1, -0.05) is 11.2 Å². The second-order valence-electron chi connectivity index (χ2n) is 8.67. The van der Waals surface area contributed by atoms with E-state index in [4.69, 9.17) is 9.57 Å². The molecule has 1 spiro atoms. The number of carbonyl (C=O) groups is 2. The number of nitrogens with zero attached hydrogens (tertiary/aromatic N) is 2. The first-order valence-electron chi connectivity index (χ1n) is 11.2. The van der Waals surface area contributed by atoms with Crippen molar-refractivity contribution >= 4 is 23.3 Å². The maximum absolute atomic E-state index is 12.7. The third-order valence-electron chi connectivity index (χ3n) is 6.22. The Hall–Kier alpha value is -3.96. The van der Waals surface area contributed by atoms with E-state index in [0.29, 0.717) is 38.1 Å². The van der Waals surface area contributed by atoms with Gasteiger partial charge in [0.25, 0.3) is 5.91 Å². The van der Waals surface area contributed by atoms with Crippen molar-refractivity contribution in [3.63, 3.8) is 0 Å². The summed E-state index contributed by atoms with van der Waals surface area (Å²) in [6.45, 7) is 0.883. The number of hydrogen-bond donors (Lipinski definition) is 3. The number of hydrogen-bond acceptors (Lipinski definition) is 6. The fourth-order valence-electron chi connectivity index (χ4n) is 4.09. The van der Waals surface area contributed by atoms with Crippen LogP contribution < -0.4 is 15.4 Å². The molecule has 4 rings (SSSR count). The molecule has 0 aromatic heterocycles. The molecule has 12 heteroatoms. The first-order chi connectivity index (χ1) is 17.1. The zero-order valence-electron chi connectivity index (χ0n) is 19.4. The number of amides is 3. The summed E-state index contributed by atoms with van der Waals surface area (Å²) in [5.74, 6) is -0.0692. The molecular formula is C24H25F3N4O5. The number of ether oxygens (including phenoxy) is 1. The lowest BCUT2D eigenvalue weighted by Gasteiger charge is -2.37. The predicted octanol–water partition coefficient (Wildman–Crippen LogP) is 3.88. The van der Waals surface area contributed by atoms with Crippen LogP contribution in [0.25, 0.3) is 0 Å². The highest BCUT2D eigenvalue weighted by Crippen LogP contribution is 2.35. The number of piperidine rings is 1. The number of halogens is 3. The molecule has 3 amide bonds. The molecule has 0 aliphatic carbocycles. The number of alkyl halides is 3. The Morgan fingerprint density at radius 3 is 2.50 bits per heavy atom. The van der Waals surface area contributed by atoms with E-state index in [2.05, 4.69) is 15.8 Å². The van der Waals surface area contributed by atoms with Gasteiger partial charge in [0.15, 0.2) is 11.5 Å². The molecule has 2 heterocycles. The number of oxime groups is 1. The molecule has 2 aliphatic rings. The zero-order chi connectivity index (χ0) is 25.9. The maximum Gasteiger partial charge on any atom is 0.416 e. The molecule has 0 radical (unpaired) electrons. The molecule has 2 aliphatic heterocycles. The van der Waals surface area contributed by atoms with E-state index in [-0.39, 0.29) is 29.6 Å². The second kappa shape index (κ2) is 9.96. The highest BCUT2D eigenvalue weighted by molar-refractivity contribution is 6.39. The SMILES string of the molecule is COc1cc(CNC(=O)C2=NOC3(CCN(C(=O)Nc4ccc(C(F)(F)F)cc4)CC3)C2)ccc1O. The minimum atomic E-state index is -4.44. The number of rotatable bonds is 5. The number of phenolic OH excluding ortho intramolecular Hbond substituents is 1. The number of anilines is 1. The van der Waals surface area contributed by atoms with Gasteiger partial charge in [-0.2, -0.15) is 13.2 Å². The van der Waals surface area contributed by atoms with E-state index in [1.54, 1.807) is 17.0 Å². The normalized spacial score (nSPS) is 16.8. The van der Waals surface area contributed by atoms with Crippen LogP contribution in [0.15, 0.2) is 47.6 Å². The summed E-state index contributed by atoms with van der Waals surface area (Å²) in [6.07, 6.45) is -3.25. The molecule has 0 saturated carbocycles. The maximum atomic E-state index is 12.7. The number of likely N-dealkylation sites (tertiary alicyclic amines) is 1. The van der Waals surface area contributed by atoms with Gasteiger partial charge >= 0.3 is 12.2 Å². The van der Waals surface area contributed by atoms with E-state index < -0.39 is 23.4 Å². The Balaban J connectivity index is 1.25. The van der Waals surface area contributed by atoms with Crippen LogP contribution in [0.3, 0.4) is 0 Å². The van der Waals surface area contributed by atoms with E-state index in [1.807, 2.05) is 0 Å². The van der Waals surface area contributed by atoms with E-state index >= 15 is 0 Å². The molecule has 192 valence electrons.